The average molecular weight is 189 g/mol. The van der Waals surface area contributed by atoms with Crippen LogP contribution < -0.4 is 5.73 Å². The second-order valence-corrected chi connectivity index (χ2v) is 3.98. The second-order valence-electron chi connectivity index (χ2n) is 3.98. The molecule has 0 unspecified atom stereocenters. The van der Waals surface area contributed by atoms with Crippen LogP contribution in [0.1, 0.15) is 25.0 Å². The minimum atomic E-state index is 0.605. The van der Waals surface area contributed by atoms with Crippen molar-refractivity contribution in [2.24, 2.45) is 11.7 Å². The summed E-state index contributed by atoms with van der Waals surface area (Å²) in [5, 5.41) is 0. The Morgan fingerprint density at radius 2 is 1.86 bits per heavy atom. The standard InChI is InChI=1S/C13H19N/c1-11(2)10-13-7-5-12(6-8-13)4-3-9-14/h3-8,11H,9-10,14H2,1-2H3. The minimum absolute atomic E-state index is 0.605. The summed E-state index contributed by atoms with van der Waals surface area (Å²) in [6, 6.07) is 8.67. The van der Waals surface area contributed by atoms with Gasteiger partial charge in [-0.15, -0.1) is 0 Å². The third-order valence-corrected chi connectivity index (χ3v) is 2.07. The molecule has 0 saturated heterocycles. The lowest BCUT2D eigenvalue weighted by molar-refractivity contribution is 0.647. The summed E-state index contributed by atoms with van der Waals surface area (Å²) < 4.78 is 0. The maximum Gasteiger partial charge on any atom is 0.0110 e. The first-order chi connectivity index (χ1) is 6.72. The van der Waals surface area contributed by atoms with Gasteiger partial charge >= 0.3 is 0 Å². The van der Waals surface area contributed by atoms with Gasteiger partial charge in [-0.3, -0.25) is 0 Å². The van der Waals surface area contributed by atoms with Crippen LogP contribution in [0.25, 0.3) is 6.08 Å². The first kappa shape index (κ1) is 11.0. The van der Waals surface area contributed by atoms with Crippen LogP contribution in [0.3, 0.4) is 0 Å². The predicted molar refractivity (Wildman–Crippen MR) is 63.1 cm³/mol. The third kappa shape index (κ3) is 3.75. The fourth-order valence-electron chi connectivity index (χ4n) is 1.44. The van der Waals surface area contributed by atoms with E-state index in [1.54, 1.807) is 0 Å². The summed E-state index contributed by atoms with van der Waals surface area (Å²) in [4.78, 5) is 0. The van der Waals surface area contributed by atoms with Crippen LogP contribution in [0.2, 0.25) is 0 Å². The van der Waals surface area contributed by atoms with Crippen molar-refractivity contribution >= 4 is 6.08 Å². The van der Waals surface area contributed by atoms with Gasteiger partial charge in [-0.25, -0.2) is 0 Å². The molecule has 76 valence electrons. The Morgan fingerprint density at radius 3 is 2.36 bits per heavy atom. The van der Waals surface area contributed by atoms with Crippen molar-refractivity contribution in [3.63, 3.8) is 0 Å². The zero-order valence-electron chi connectivity index (χ0n) is 9.03. The van der Waals surface area contributed by atoms with E-state index >= 15 is 0 Å². The molecule has 0 amide bonds. The molecule has 14 heavy (non-hydrogen) atoms. The highest BCUT2D eigenvalue weighted by molar-refractivity contribution is 5.49. The van der Waals surface area contributed by atoms with Gasteiger partial charge in [0.25, 0.3) is 0 Å². The van der Waals surface area contributed by atoms with Crippen molar-refractivity contribution in [1.82, 2.24) is 0 Å². The average Bonchev–Trinajstić information content (AvgIpc) is 2.16. The van der Waals surface area contributed by atoms with Gasteiger partial charge in [0, 0.05) is 6.54 Å². The topological polar surface area (TPSA) is 26.0 Å². The van der Waals surface area contributed by atoms with E-state index in [1.165, 1.54) is 11.1 Å². The second kappa shape index (κ2) is 5.61. The molecule has 0 spiro atoms. The lowest BCUT2D eigenvalue weighted by atomic mass is 10.0. The van der Waals surface area contributed by atoms with E-state index in [-0.39, 0.29) is 0 Å². The molecule has 0 heterocycles. The van der Waals surface area contributed by atoms with Gasteiger partial charge in [-0.2, -0.15) is 0 Å². The summed E-state index contributed by atoms with van der Waals surface area (Å²) in [6.07, 6.45) is 5.18. The predicted octanol–water partition coefficient (Wildman–Crippen LogP) is 2.86. The van der Waals surface area contributed by atoms with Crippen LogP contribution >= 0.6 is 0 Å². The van der Waals surface area contributed by atoms with Crippen molar-refractivity contribution in [3.05, 3.63) is 41.5 Å². The molecule has 1 heteroatoms. The van der Waals surface area contributed by atoms with Gasteiger partial charge in [0.15, 0.2) is 0 Å². The fourth-order valence-corrected chi connectivity index (χ4v) is 1.44. The molecule has 0 aliphatic rings. The molecule has 1 nitrogen and oxygen atoms in total. The van der Waals surface area contributed by atoms with Gasteiger partial charge in [0.05, 0.1) is 0 Å². The third-order valence-electron chi connectivity index (χ3n) is 2.07. The van der Waals surface area contributed by atoms with Gasteiger partial charge in [0.1, 0.15) is 0 Å². The van der Waals surface area contributed by atoms with Crippen molar-refractivity contribution in [3.8, 4) is 0 Å². The highest BCUT2D eigenvalue weighted by atomic mass is 14.5. The molecule has 0 bridgehead atoms. The Bertz CT molecular complexity index is 283. The number of benzene rings is 1. The van der Waals surface area contributed by atoms with Crippen LogP contribution in [0.4, 0.5) is 0 Å². The molecule has 0 aromatic heterocycles. The maximum absolute atomic E-state index is 5.39. The van der Waals surface area contributed by atoms with Crippen molar-refractivity contribution in [2.75, 3.05) is 6.54 Å². The van der Waals surface area contributed by atoms with E-state index in [1.807, 2.05) is 6.08 Å². The Kier molecular flexibility index (Phi) is 4.41. The van der Waals surface area contributed by atoms with Crippen LogP contribution in [-0.4, -0.2) is 6.54 Å². The Hall–Kier alpha value is -1.08. The van der Waals surface area contributed by atoms with Crippen LogP contribution in [0.15, 0.2) is 30.3 Å². The maximum atomic E-state index is 5.39. The van der Waals surface area contributed by atoms with Crippen molar-refractivity contribution in [2.45, 2.75) is 20.3 Å². The monoisotopic (exact) mass is 189 g/mol. The van der Waals surface area contributed by atoms with Gasteiger partial charge < -0.3 is 5.73 Å². The smallest absolute Gasteiger partial charge is 0.0110 e. The SMILES string of the molecule is CC(C)Cc1ccc(C=CCN)cc1. The highest BCUT2D eigenvalue weighted by Gasteiger charge is 1.96. The van der Waals surface area contributed by atoms with Crippen LogP contribution in [-0.2, 0) is 6.42 Å². The van der Waals surface area contributed by atoms with E-state index in [9.17, 15) is 0 Å². The van der Waals surface area contributed by atoms with E-state index in [4.69, 9.17) is 5.73 Å². The van der Waals surface area contributed by atoms with E-state index in [2.05, 4.69) is 44.2 Å². The summed E-state index contributed by atoms with van der Waals surface area (Å²) in [5.41, 5.74) is 8.02. The van der Waals surface area contributed by atoms with E-state index in [0.717, 1.165) is 12.3 Å². The quantitative estimate of drug-likeness (QED) is 0.774. The zero-order chi connectivity index (χ0) is 10.4. The highest BCUT2D eigenvalue weighted by Crippen LogP contribution is 2.10. The number of hydrogen-bond acceptors (Lipinski definition) is 1. The molecular formula is C13H19N. The van der Waals surface area contributed by atoms with E-state index < -0.39 is 0 Å². The summed E-state index contributed by atoms with van der Waals surface area (Å²) in [5.74, 6) is 0.723. The first-order valence-electron chi connectivity index (χ1n) is 5.18. The van der Waals surface area contributed by atoms with Crippen molar-refractivity contribution < 1.29 is 0 Å². The Morgan fingerprint density at radius 1 is 1.21 bits per heavy atom. The molecule has 1 rings (SSSR count). The van der Waals surface area contributed by atoms with E-state index in [0.29, 0.717) is 6.54 Å². The van der Waals surface area contributed by atoms with Gasteiger partial charge in [-0.05, 0) is 23.5 Å². The lowest BCUT2D eigenvalue weighted by Crippen LogP contribution is -1.94. The van der Waals surface area contributed by atoms with Crippen molar-refractivity contribution in [1.29, 1.82) is 0 Å². The van der Waals surface area contributed by atoms with Gasteiger partial charge in [-0.1, -0.05) is 50.3 Å². The summed E-state index contributed by atoms with van der Waals surface area (Å²) >= 11 is 0. The number of hydrogen-bond donors (Lipinski definition) is 1. The minimum Gasteiger partial charge on any atom is -0.327 e. The molecule has 0 aliphatic carbocycles. The van der Waals surface area contributed by atoms with Gasteiger partial charge in [0.2, 0.25) is 0 Å². The number of nitrogens with two attached hydrogens (primary N) is 1. The molecular weight excluding hydrogens is 170 g/mol. The molecule has 1 aromatic carbocycles. The van der Waals surface area contributed by atoms with Crippen LogP contribution in [0.5, 0.6) is 0 Å². The molecule has 0 aliphatic heterocycles. The largest absolute Gasteiger partial charge is 0.327 e. The molecule has 0 atom stereocenters. The Balaban J connectivity index is 2.64. The molecule has 0 saturated carbocycles. The lowest BCUT2D eigenvalue weighted by Gasteiger charge is -2.04. The first-order valence-corrected chi connectivity index (χ1v) is 5.18. The summed E-state index contributed by atoms with van der Waals surface area (Å²) in [7, 11) is 0. The molecule has 0 fully saturated rings. The molecule has 1 aromatic rings. The normalized spacial score (nSPS) is 11.4. The fraction of sp³-hybridized carbons (Fsp3) is 0.385. The molecule has 0 radical (unpaired) electrons. The van der Waals surface area contributed by atoms with Crippen LogP contribution in [0, 0.1) is 5.92 Å². The Labute approximate surface area is 86.6 Å². The number of rotatable bonds is 4. The zero-order valence-corrected chi connectivity index (χ0v) is 9.03. The summed E-state index contributed by atoms with van der Waals surface area (Å²) in [6.45, 7) is 5.08. The molecule has 2 N–H and O–H groups in total.